The first kappa shape index (κ1) is 14.3. The molecule has 1 aliphatic carbocycles. The number of nitrogens with one attached hydrogen (secondary N) is 1. The molecule has 106 valence electrons. The highest BCUT2D eigenvalue weighted by Crippen LogP contribution is 2.34. The largest absolute Gasteiger partial charge is 0.480 e. The van der Waals surface area contributed by atoms with E-state index in [0.29, 0.717) is 6.42 Å². The second kappa shape index (κ2) is 6.34. The number of hydrogen-bond donors (Lipinski definition) is 2. The van der Waals surface area contributed by atoms with Crippen molar-refractivity contribution in [2.75, 3.05) is 13.2 Å². The van der Waals surface area contributed by atoms with Crippen molar-refractivity contribution in [1.82, 2.24) is 5.32 Å². The van der Waals surface area contributed by atoms with E-state index in [0.717, 1.165) is 11.1 Å². The zero-order chi connectivity index (χ0) is 14.5. The van der Waals surface area contributed by atoms with Crippen LogP contribution in [0.2, 0.25) is 0 Å². The van der Waals surface area contributed by atoms with Crippen molar-refractivity contribution < 1.29 is 19.4 Å². The van der Waals surface area contributed by atoms with Crippen LogP contribution in [0.1, 0.15) is 17.0 Å². The van der Waals surface area contributed by atoms with Gasteiger partial charge >= 0.3 is 5.97 Å². The summed E-state index contributed by atoms with van der Waals surface area (Å²) in [5.74, 6) is -1.62. The molecule has 0 aromatic heterocycles. The highest BCUT2D eigenvalue weighted by atomic mass is 16.5. The van der Waals surface area contributed by atoms with E-state index >= 15 is 0 Å². The molecule has 2 N–H and O–H groups in total. The maximum Gasteiger partial charge on any atom is 0.328 e. The number of amides is 1. The number of ether oxygens (including phenoxy) is 1. The van der Waals surface area contributed by atoms with E-state index in [1.165, 1.54) is 6.08 Å². The lowest BCUT2D eigenvalue weighted by Gasteiger charge is -2.29. The van der Waals surface area contributed by atoms with Crippen molar-refractivity contribution in [3.05, 3.63) is 48.0 Å². The minimum Gasteiger partial charge on any atom is -0.480 e. The molecule has 2 atom stereocenters. The van der Waals surface area contributed by atoms with Gasteiger partial charge in [0.25, 0.3) is 0 Å². The standard InChI is InChI=1S/C15H17NO4/c1-2-7-20-9-13(15(18)19)16-14(17)12-8-10-5-3-4-6-11(10)12/h2-6,12-13H,1,7-9H2,(H,16,17)(H,18,19). The summed E-state index contributed by atoms with van der Waals surface area (Å²) in [6.07, 6.45) is 2.19. The Kier molecular flexibility index (Phi) is 4.53. The highest BCUT2D eigenvalue weighted by Gasteiger charge is 2.33. The molecule has 5 heteroatoms. The van der Waals surface area contributed by atoms with Crippen molar-refractivity contribution in [2.24, 2.45) is 0 Å². The molecule has 0 radical (unpaired) electrons. The number of benzene rings is 1. The Balaban J connectivity index is 1.93. The molecule has 2 rings (SSSR count). The molecule has 1 amide bonds. The number of hydrogen-bond acceptors (Lipinski definition) is 3. The van der Waals surface area contributed by atoms with Crippen LogP contribution in [0.25, 0.3) is 0 Å². The highest BCUT2D eigenvalue weighted by molar-refractivity contribution is 5.90. The number of aliphatic carboxylic acids is 1. The van der Waals surface area contributed by atoms with Gasteiger partial charge in [-0.15, -0.1) is 6.58 Å². The van der Waals surface area contributed by atoms with Crippen LogP contribution in [0.5, 0.6) is 0 Å². The molecule has 0 spiro atoms. The van der Waals surface area contributed by atoms with Crippen LogP contribution in [-0.2, 0) is 20.7 Å². The van der Waals surface area contributed by atoms with Gasteiger partial charge in [0.2, 0.25) is 5.91 Å². The van der Waals surface area contributed by atoms with E-state index in [4.69, 9.17) is 9.84 Å². The summed E-state index contributed by atoms with van der Waals surface area (Å²) in [6, 6.07) is 6.64. The van der Waals surface area contributed by atoms with Gasteiger partial charge in [-0.3, -0.25) is 4.79 Å². The van der Waals surface area contributed by atoms with Gasteiger partial charge in [-0.2, -0.15) is 0 Å². The molecule has 0 heterocycles. The SMILES string of the molecule is C=CCOCC(NC(=O)C1Cc2ccccc21)C(=O)O. The Hall–Kier alpha value is -2.14. The summed E-state index contributed by atoms with van der Waals surface area (Å²) in [5.41, 5.74) is 2.11. The van der Waals surface area contributed by atoms with E-state index < -0.39 is 12.0 Å². The normalized spacial score (nSPS) is 17.5. The number of rotatable bonds is 7. The van der Waals surface area contributed by atoms with Crippen LogP contribution < -0.4 is 5.32 Å². The fourth-order valence-corrected chi connectivity index (χ4v) is 2.21. The van der Waals surface area contributed by atoms with Gasteiger partial charge in [-0.25, -0.2) is 4.79 Å². The lowest BCUT2D eigenvalue weighted by Crippen LogP contribution is -2.47. The zero-order valence-electron chi connectivity index (χ0n) is 11.0. The molecule has 2 unspecified atom stereocenters. The fourth-order valence-electron chi connectivity index (χ4n) is 2.21. The molecule has 20 heavy (non-hydrogen) atoms. The number of fused-ring (bicyclic) bond motifs is 1. The van der Waals surface area contributed by atoms with Crippen molar-refractivity contribution in [3.63, 3.8) is 0 Å². The minimum atomic E-state index is -1.10. The fraction of sp³-hybridized carbons (Fsp3) is 0.333. The monoisotopic (exact) mass is 275 g/mol. The van der Waals surface area contributed by atoms with Crippen LogP contribution in [0.3, 0.4) is 0 Å². The van der Waals surface area contributed by atoms with Gasteiger partial charge < -0.3 is 15.2 Å². The van der Waals surface area contributed by atoms with Crippen LogP contribution in [0, 0.1) is 0 Å². The summed E-state index contributed by atoms with van der Waals surface area (Å²) in [7, 11) is 0. The molecular weight excluding hydrogens is 258 g/mol. The van der Waals surface area contributed by atoms with E-state index in [-0.39, 0.29) is 25.0 Å². The predicted molar refractivity (Wildman–Crippen MR) is 73.5 cm³/mol. The summed E-state index contributed by atoms with van der Waals surface area (Å²) in [6.45, 7) is 3.67. The van der Waals surface area contributed by atoms with Gasteiger partial charge in [0.1, 0.15) is 0 Å². The predicted octanol–water partition coefficient (Wildman–Crippen LogP) is 1.10. The second-order valence-corrected chi connectivity index (χ2v) is 4.68. The number of carboxylic acids is 1. The Morgan fingerprint density at radius 2 is 2.25 bits per heavy atom. The molecular formula is C15H17NO4. The molecule has 0 aliphatic heterocycles. The van der Waals surface area contributed by atoms with Crippen molar-refractivity contribution in [1.29, 1.82) is 0 Å². The van der Waals surface area contributed by atoms with Crippen molar-refractivity contribution >= 4 is 11.9 Å². The Morgan fingerprint density at radius 3 is 2.90 bits per heavy atom. The van der Waals surface area contributed by atoms with E-state index in [1.54, 1.807) is 0 Å². The molecule has 0 fully saturated rings. The molecule has 1 aromatic rings. The minimum absolute atomic E-state index is 0.0680. The zero-order valence-corrected chi connectivity index (χ0v) is 11.0. The lowest BCUT2D eigenvalue weighted by molar-refractivity contribution is -0.143. The third kappa shape index (κ3) is 3.05. The lowest BCUT2D eigenvalue weighted by atomic mass is 9.77. The Labute approximate surface area is 117 Å². The third-order valence-electron chi connectivity index (χ3n) is 3.31. The van der Waals surface area contributed by atoms with Gasteiger partial charge in [0.15, 0.2) is 6.04 Å². The van der Waals surface area contributed by atoms with Gasteiger partial charge in [-0.05, 0) is 17.5 Å². The van der Waals surface area contributed by atoms with Gasteiger partial charge in [-0.1, -0.05) is 30.3 Å². The molecule has 0 bridgehead atoms. The first-order valence-corrected chi connectivity index (χ1v) is 6.43. The Morgan fingerprint density at radius 1 is 1.50 bits per heavy atom. The smallest absolute Gasteiger partial charge is 0.328 e. The topological polar surface area (TPSA) is 75.6 Å². The quantitative estimate of drug-likeness (QED) is 0.577. The summed E-state index contributed by atoms with van der Waals surface area (Å²) in [5, 5.41) is 11.6. The third-order valence-corrected chi connectivity index (χ3v) is 3.31. The van der Waals surface area contributed by atoms with Crippen LogP contribution in [-0.4, -0.2) is 36.2 Å². The average Bonchev–Trinajstić information content (AvgIpc) is 2.39. The second-order valence-electron chi connectivity index (χ2n) is 4.68. The maximum atomic E-state index is 12.1. The summed E-state index contributed by atoms with van der Waals surface area (Å²) in [4.78, 5) is 23.2. The van der Waals surface area contributed by atoms with E-state index in [1.807, 2.05) is 24.3 Å². The average molecular weight is 275 g/mol. The van der Waals surface area contributed by atoms with E-state index in [9.17, 15) is 9.59 Å². The van der Waals surface area contributed by atoms with Gasteiger partial charge in [0, 0.05) is 0 Å². The molecule has 1 aliphatic rings. The number of carbonyl (C=O) groups is 2. The van der Waals surface area contributed by atoms with E-state index in [2.05, 4.69) is 11.9 Å². The van der Waals surface area contributed by atoms with Gasteiger partial charge in [0.05, 0.1) is 19.1 Å². The number of carbonyl (C=O) groups excluding carboxylic acids is 1. The molecule has 5 nitrogen and oxygen atoms in total. The molecule has 1 aromatic carbocycles. The maximum absolute atomic E-state index is 12.1. The summed E-state index contributed by atoms with van der Waals surface area (Å²) < 4.78 is 5.09. The van der Waals surface area contributed by atoms with Crippen LogP contribution in [0.4, 0.5) is 0 Å². The van der Waals surface area contributed by atoms with Crippen LogP contribution >= 0.6 is 0 Å². The number of carboxylic acid groups (broad SMARTS) is 1. The summed E-state index contributed by atoms with van der Waals surface area (Å²) >= 11 is 0. The molecule has 0 saturated carbocycles. The van der Waals surface area contributed by atoms with Crippen LogP contribution in [0.15, 0.2) is 36.9 Å². The van der Waals surface area contributed by atoms with Crippen molar-refractivity contribution in [2.45, 2.75) is 18.4 Å². The van der Waals surface area contributed by atoms with Crippen molar-refractivity contribution in [3.8, 4) is 0 Å². The molecule has 0 saturated heterocycles. The first-order chi connectivity index (χ1) is 9.63. The first-order valence-electron chi connectivity index (χ1n) is 6.43. The Bertz CT molecular complexity index is 526.